The van der Waals surface area contributed by atoms with Crippen LogP contribution in [-0.2, 0) is 0 Å². The fourth-order valence-electron chi connectivity index (χ4n) is 3.28. The molecule has 2 unspecified atom stereocenters. The lowest BCUT2D eigenvalue weighted by Gasteiger charge is -2.15. The van der Waals surface area contributed by atoms with Crippen LogP contribution in [0.4, 0.5) is 0 Å². The van der Waals surface area contributed by atoms with Crippen molar-refractivity contribution in [3.63, 3.8) is 0 Å². The monoisotopic (exact) mass is 303 g/mol. The minimum atomic E-state index is 0.100. The summed E-state index contributed by atoms with van der Waals surface area (Å²) in [6, 6.07) is 1.69. The van der Waals surface area contributed by atoms with Crippen LogP contribution in [0.15, 0.2) is 6.07 Å². The van der Waals surface area contributed by atoms with Crippen LogP contribution in [0.2, 0.25) is 8.67 Å². The zero-order valence-corrected chi connectivity index (χ0v) is 12.3. The first kappa shape index (κ1) is 12.9. The third-order valence-corrected chi connectivity index (χ3v) is 5.61. The predicted molar refractivity (Wildman–Crippen MR) is 75.9 cm³/mol. The van der Waals surface area contributed by atoms with Crippen molar-refractivity contribution in [2.45, 2.75) is 19.3 Å². The van der Waals surface area contributed by atoms with Crippen molar-refractivity contribution in [1.29, 1.82) is 0 Å². The predicted octanol–water partition coefficient (Wildman–Crippen LogP) is 3.97. The molecule has 1 aliphatic carbocycles. The Balaban J connectivity index is 1.63. The Labute approximate surface area is 121 Å². The minimum absolute atomic E-state index is 0.100. The number of halogens is 2. The largest absolute Gasteiger partial charge is 0.295 e. The maximum absolute atomic E-state index is 12.2. The van der Waals surface area contributed by atoms with Gasteiger partial charge >= 0.3 is 0 Å². The third-order valence-electron chi connectivity index (χ3n) is 4.13. The van der Waals surface area contributed by atoms with E-state index in [1.54, 1.807) is 6.07 Å². The molecule has 0 bridgehead atoms. The molecular weight excluding hydrogens is 289 g/mol. The van der Waals surface area contributed by atoms with E-state index in [9.17, 15) is 4.79 Å². The molecule has 0 spiro atoms. The summed E-state index contributed by atoms with van der Waals surface area (Å²) in [5.41, 5.74) is 0.587. The first-order valence-corrected chi connectivity index (χ1v) is 7.91. The van der Waals surface area contributed by atoms with Gasteiger partial charge in [-0.3, -0.25) is 9.69 Å². The molecule has 2 nitrogen and oxygen atoms in total. The molecule has 0 aromatic carbocycles. The lowest BCUT2D eigenvalue weighted by molar-refractivity contribution is 0.0941. The van der Waals surface area contributed by atoms with Gasteiger partial charge in [-0.15, -0.1) is 11.3 Å². The molecule has 2 aliphatic rings. The van der Waals surface area contributed by atoms with E-state index >= 15 is 0 Å². The first-order chi connectivity index (χ1) is 8.63. The van der Waals surface area contributed by atoms with E-state index in [1.807, 2.05) is 0 Å². The molecule has 1 saturated carbocycles. The van der Waals surface area contributed by atoms with Crippen LogP contribution >= 0.6 is 34.5 Å². The summed E-state index contributed by atoms with van der Waals surface area (Å²) < 4.78 is 1.10. The Bertz CT molecular complexity index is 462. The van der Waals surface area contributed by atoms with Gasteiger partial charge in [-0.25, -0.2) is 0 Å². The number of hydrogen-bond donors (Lipinski definition) is 0. The Hall–Kier alpha value is -0.0900. The van der Waals surface area contributed by atoms with Crippen molar-refractivity contribution in [1.82, 2.24) is 4.90 Å². The van der Waals surface area contributed by atoms with E-state index in [0.717, 1.165) is 24.9 Å². The Kier molecular flexibility index (Phi) is 3.68. The van der Waals surface area contributed by atoms with Crippen molar-refractivity contribution in [3.8, 4) is 0 Å². The normalized spacial score (nSPS) is 27.7. The number of likely N-dealkylation sites (tertiary alicyclic amines) is 1. The van der Waals surface area contributed by atoms with Crippen molar-refractivity contribution < 1.29 is 4.79 Å². The molecular formula is C13H15Cl2NOS. The molecule has 0 amide bonds. The molecule has 0 radical (unpaired) electrons. The van der Waals surface area contributed by atoms with Gasteiger partial charge in [0.1, 0.15) is 4.34 Å². The molecule has 3 rings (SSSR count). The van der Waals surface area contributed by atoms with Crippen molar-refractivity contribution >= 4 is 40.3 Å². The smallest absolute Gasteiger partial charge is 0.179 e. The number of fused-ring (bicyclic) bond motifs is 1. The van der Waals surface area contributed by atoms with E-state index in [2.05, 4.69) is 4.90 Å². The molecule has 98 valence electrons. The summed E-state index contributed by atoms with van der Waals surface area (Å²) in [7, 11) is 0. The van der Waals surface area contributed by atoms with Gasteiger partial charge in [0.2, 0.25) is 0 Å². The van der Waals surface area contributed by atoms with Gasteiger partial charge in [-0.2, -0.15) is 0 Å². The van der Waals surface area contributed by atoms with Crippen LogP contribution in [0.3, 0.4) is 0 Å². The highest BCUT2D eigenvalue weighted by atomic mass is 35.5. The van der Waals surface area contributed by atoms with E-state index in [1.165, 1.54) is 30.6 Å². The van der Waals surface area contributed by atoms with Gasteiger partial charge in [-0.1, -0.05) is 29.6 Å². The lowest BCUT2D eigenvalue weighted by Crippen LogP contribution is -2.28. The highest BCUT2D eigenvalue weighted by Gasteiger charge is 2.36. The Morgan fingerprint density at radius 2 is 2.00 bits per heavy atom. The van der Waals surface area contributed by atoms with Crippen LogP contribution in [0.1, 0.15) is 29.6 Å². The second-order valence-corrected chi connectivity index (χ2v) is 7.59. The summed E-state index contributed by atoms with van der Waals surface area (Å²) in [6.45, 7) is 2.64. The number of Topliss-reactive ketones (excluding diaryl/α,β-unsaturated/α-hetero) is 1. The van der Waals surface area contributed by atoms with E-state index in [0.29, 0.717) is 20.8 Å². The summed E-state index contributed by atoms with van der Waals surface area (Å²) >= 11 is 13.2. The fourth-order valence-corrected chi connectivity index (χ4v) is 4.78. The van der Waals surface area contributed by atoms with Gasteiger partial charge in [0.05, 0.1) is 16.4 Å². The zero-order chi connectivity index (χ0) is 12.7. The number of rotatable bonds is 3. The van der Waals surface area contributed by atoms with Crippen LogP contribution < -0.4 is 0 Å². The number of ketones is 1. The quantitative estimate of drug-likeness (QED) is 0.788. The highest BCUT2D eigenvalue weighted by molar-refractivity contribution is 7.20. The Morgan fingerprint density at radius 3 is 2.56 bits per heavy atom. The van der Waals surface area contributed by atoms with Crippen molar-refractivity contribution in [3.05, 3.63) is 20.3 Å². The van der Waals surface area contributed by atoms with Crippen molar-refractivity contribution in [2.75, 3.05) is 19.6 Å². The van der Waals surface area contributed by atoms with Gasteiger partial charge in [0, 0.05) is 13.1 Å². The lowest BCUT2D eigenvalue weighted by atomic mass is 10.0. The van der Waals surface area contributed by atoms with Gasteiger partial charge in [0.25, 0.3) is 0 Å². The maximum atomic E-state index is 12.2. The molecule has 2 fully saturated rings. The van der Waals surface area contributed by atoms with Gasteiger partial charge < -0.3 is 0 Å². The number of nitrogens with zero attached hydrogens (tertiary/aromatic N) is 1. The fraction of sp³-hybridized carbons (Fsp3) is 0.615. The summed E-state index contributed by atoms with van der Waals surface area (Å²) in [6.07, 6.45) is 4.03. The van der Waals surface area contributed by atoms with Crippen LogP contribution in [0.5, 0.6) is 0 Å². The molecule has 0 N–H and O–H groups in total. The van der Waals surface area contributed by atoms with Crippen LogP contribution in [-0.4, -0.2) is 30.3 Å². The number of hydrogen-bond acceptors (Lipinski definition) is 3. The molecule has 5 heteroatoms. The topological polar surface area (TPSA) is 20.3 Å². The highest BCUT2D eigenvalue weighted by Crippen LogP contribution is 2.38. The number of carbonyl (C=O) groups excluding carboxylic acids is 1. The maximum Gasteiger partial charge on any atom is 0.179 e. The minimum Gasteiger partial charge on any atom is -0.295 e. The molecule has 1 saturated heterocycles. The van der Waals surface area contributed by atoms with Crippen LogP contribution in [0.25, 0.3) is 0 Å². The second kappa shape index (κ2) is 5.12. The molecule has 1 aromatic rings. The molecule has 2 heterocycles. The molecule has 2 atom stereocenters. The third kappa shape index (κ3) is 2.46. The van der Waals surface area contributed by atoms with Crippen LogP contribution in [0, 0.1) is 11.8 Å². The summed E-state index contributed by atoms with van der Waals surface area (Å²) in [4.78, 5) is 14.5. The average molecular weight is 304 g/mol. The first-order valence-electron chi connectivity index (χ1n) is 6.34. The average Bonchev–Trinajstić information content (AvgIpc) is 2.92. The molecule has 18 heavy (non-hydrogen) atoms. The van der Waals surface area contributed by atoms with E-state index in [-0.39, 0.29) is 5.78 Å². The standard InChI is InChI=1S/C13H15Cl2NOS/c14-12-4-10(13(15)18-12)11(17)7-16-5-8-2-1-3-9(8)6-16/h4,8-9H,1-3,5-7H2. The summed E-state index contributed by atoms with van der Waals surface area (Å²) in [5.74, 6) is 1.74. The zero-order valence-electron chi connectivity index (χ0n) is 9.99. The summed E-state index contributed by atoms with van der Waals surface area (Å²) in [5, 5.41) is 0. The van der Waals surface area contributed by atoms with Gasteiger partial charge in [-0.05, 0) is 30.7 Å². The van der Waals surface area contributed by atoms with Gasteiger partial charge in [0.15, 0.2) is 5.78 Å². The van der Waals surface area contributed by atoms with E-state index < -0.39 is 0 Å². The van der Waals surface area contributed by atoms with Crippen molar-refractivity contribution in [2.24, 2.45) is 11.8 Å². The number of thiophene rings is 1. The number of carbonyl (C=O) groups is 1. The van der Waals surface area contributed by atoms with E-state index in [4.69, 9.17) is 23.2 Å². The SMILES string of the molecule is O=C(CN1CC2CCCC2C1)c1cc(Cl)sc1Cl. The molecule has 1 aromatic heterocycles. The second-order valence-electron chi connectivity index (χ2n) is 5.31. The molecule has 1 aliphatic heterocycles. The Morgan fingerprint density at radius 1 is 1.33 bits per heavy atom.